The second-order valence-electron chi connectivity index (χ2n) is 8.08. The molecule has 170 valence electrons. The lowest BCUT2D eigenvalue weighted by Gasteiger charge is -2.07. The maximum Gasteiger partial charge on any atom is 0.297 e. The van der Waals surface area contributed by atoms with Crippen molar-refractivity contribution in [2.45, 2.75) is 82.4 Å². The van der Waals surface area contributed by atoms with Gasteiger partial charge in [-0.05, 0) is 30.5 Å². The molecule has 0 fully saturated rings. The van der Waals surface area contributed by atoms with Crippen molar-refractivity contribution in [1.29, 1.82) is 0 Å². The van der Waals surface area contributed by atoms with Crippen LogP contribution in [0.1, 0.15) is 87.1 Å². The number of rotatable bonds is 16. The lowest BCUT2D eigenvalue weighted by Crippen LogP contribution is -2.14. The van der Waals surface area contributed by atoms with Crippen LogP contribution >= 0.6 is 0 Å². The van der Waals surface area contributed by atoms with Crippen LogP contribution < -0.4 is 0 Å². The highest BCUT2D eigenvalue weighted by molar-refractivity contribution is 7.86. The van der Waals surface area contributed by atoms with Gasteiger partial charge in [0.2, 0.25) is 0 Å². The molecule has 0 N–H and O–H groups in total. The van der Waals surface area contributed by atoms with E-state index >= 15 is 0 Å². The van der Waals surface area contributed by atoms with Gasteiger partial charge in [0, 0.05) is 5.56 Å². The van der Waals surface area contributed by atoms with Gasteiger partial charge in [0.05, 0.1) is 4.90 Å². The largest absolute Gasteiger partial charge is 0.297 e. The minimum absolute atomic E-state index is 0.0835. The molecule has 0 aliphatic heterocycles. The van der Waals surface area contributed by atoms with Crippen molar-refractivity contribution in [3.8, 4) is 0 Å². The molecule has 0 saturated carbocycles. The zero-order chi connectivity index (χ0) is 22.4. The van der Waals surface area contributed by atoms with Gasteiger partial charge in [-0.15, -0.1) is 0 Å². The smallest absolute Gasteiger partial charge is 0.291 e. The number of aryl methyl sites for hydroxylation is 1. The number of hydrogen-bond acceptors (Lipinski definition) is 4. The molecule has 2 rings (SSSR count). The van der Waals surface area contributed by atoms with Crippen LogP contribution in [0.5, 0.6) is 0 Å². The predicted molar refractivity (Wildman–Crippen MR) is 126 cm³/mol. The summed E-state index contributed by atoms with van der Waals surface area (Å²) in [5, 5.41) is 0. The van der Waals surface area contributed by atoms with Crippen LogP contribution in [0, 0.1) is 0 Å². The molecule has 4 nitrogen and oxygen atoms in total. The van der Waals surface area contributed by atoms with E-state index in [-0.39, 0.29) is 10.7 Å². The van der Waals surface area contributed by atoms with Crippen LogP contribution in [0.15, 0.2) is 59.5 Å². The van der Waals surface area contributed by atoms with E-state index in [2.05, 4.69) is 6.92 Å². The maximum atomic E-state index is 12.3. The van der Waals surface area contributed by atoms with Crippen molar-refractivity contribution < 1.29 is 17.4 Å². The van der Waals surface area contributed by atoms with Crippen LogP contribution in [0.4, 0.5) is 0 Å². The third-order valence-corrected chi connectivity index (χ3v) is 6.75. The number of ketones is 1. The molecule has 0 amide bonds. The van der Waals surface area contributed by atoms with Crippen LogP contribution in [0.3, 0.4) is 0 Å². The first-order chi connectivity index (χ1) is 15.0. The van der Waals surface area contributed by atoms with E-state index < -0.39 is 16.7 Å². The fraction of sp³-hybridized carbons (Fsp3) is 0.500. The summed E-state index contributed by atoms with van der Waals surface area (Å²) in [5.41, 5.74) is 1.56. The normalized spacial score (nSPS) is 11.5. The molecule has 5 heteroatoms. The standard InChI is InChI=1S/C26H36O4S/c1-2-3-4-5-6-7-8-9-10-12-15-23-18-20-25(21-19-23)31(28,29)30-22-26(27)24-16-13-11-14-17-24/h11,13-14,16-21H,2-10,12,15,22H2,1H3. The zero-order valence-electron chi connectivity index (χ0n) is 18.7. The topological polar surface area (TPSA) is 60.4 Å². The third kappa shape index (κ3) is 9.79. The van der Waals surface area contributed by atoms with Crippen LogP contribution in [-0.2, 0) is 20.7 Å². The fourth-order valence-electron chi connectivity index (χ4n) is 3.55. The quantitative estimate of drug-likeness (QED) is 0.163. The Hall–Kier alpha value is -1.98. The maximum absolute atomic E-state index is 12.3. The molecule has 0 atom stereocenters. The van der Waals surface area contributed by atoms with Gasteiger partial charge in [0.1, 0.15) is 6.61 Å². The number of Topliss-reactive ketones (excluding diaryl/α,β-unsaturated/α-hetero) is 1. The molecular formula is C26H36O4S. The van der Waals surface area contributed by atoms with Gasteiger partial charge in [0.25, 0.3) is 10.1 Å². The Morgan fingerprint density at radius 3 is 1.87 bits per heavy atom. The van der Waals surface area contributed by atoms with Gasteiger partial charge in [-0.2, -0.15) is 8.42 Å². The summed E-state index contributed by atoms with van der Waals surface area (Å²) in [6.07, 6.45) is 13.9. The molecule has 0 radical (unpaired) electrons. The van der Waals surface area contributed by atoms with Crippen molar-refractivity contribution >= 4 is 15.9 Å². The Bertz CT molecular complexity index is 858. The van der Waals surface area contributed by atoms with E-state index in [1.807, 2.05) is 12.1 Å². The fourth-order valence-corrected chi connectivity index (χ4v) is 4.41. The first-order valence-electron chi connectivity index (χ1n) is 11.6. The summed E-state index contributed by atoms with van der Waals surface area (Å²) in [4.78, 5) is 12.1. The summed E-state index contributed by atoms with van der Waals surface area (Å²) in [7, 11) is -3.95. The van der Waals surface area contributed by atoms with Crippen molar-refractivity contribution in [2.75, 3.05) is 6.61 Å². The summed E-state index contributed by atoms with van der Waals surface area (Å²) < 4.78 is 29.7. The monoisotopic (exact) mass is 444 g/mol. The molecule has 0 bridgehead atoms. The number of carbonyl (C=O) groups excluding carboxylic acids is 1. The zero-order valence-corrected chi connectivity index (χ0v) is 19.5. The van der Waals surface area contributed by atoms with Crippen LogP contribution in [0.2, 0.25) is 0 Å². The summed E-state index contributed by atoms with van der Waals surface area (Å²) in [5.74, 6) is -0.359. The molecule has 0 spiro atoms. The molecule has 2 aromatic rings. The Morgan fingerprint density at radius 1 is 0.742 bits per heavy atom. The Kier molecular flexibility index (Phi) is 11.5. The van der Waals surface area contributed by atoms with Gasteiger partial charge in [-0.1, -0.05) is 107 Å². The molecule has 0 aliphatic rings. The van der Waals surface area contributed by atoms with E-state index in [0.29, 0.717) is 5.56 Å². The predicted octanol–water partition coefficient (Wildman–Crippen LogP) is 6.74. The second kappa shape index (κ2) is 14.2. The highest BCUT2D eigenvalue weighted by Crippen LogP contribution is 2.17. The van der Waals surface area contributed by atoms with E-state index in [1.165, 1.54) is 57.8 Å². The highest BCUT2D eigenvalue weighted by atomic mass is 32.2. The van der Waals surface area contributed by atoms with Crippen molar-refractivity contribution in [1.82, 2.24) is 0 Å². The van der Waals surface area contributed by atoms with Crippen molar-refractivity contribution in [3.63, 3.8) is 0 Å². The summed E-state index contributed by atoms with van der Waals surface area (Å²) in [6, 6.07) is 15.3. The molecular weight excluding hydrogens is 408 g/mol. The van der Waals surface area contributed by atoms with E-state index in [9.17, 15) is 13.2 Å². The summed E-state index contributed by atoms with van der Waals surface area (Å²) >= 11 is 0. The second-order valence-corrected chi connectivity index (χ2v) is 9.70. The SMILES string of the molecule is CCCCCCCCCCCCc1ccc(S(=O)(=O)OCC(=O)c2ccccc2)cc1. The molecule has 0 aliphatic carbocycles. The average Bonchev–Trinajstić information content (AvgIpc) is 2.79. The Labute approximate surface area is 188 Å². The van der Waals surface area contributed by atoms with Crippen LogP contribution in [-0.4, -0.2) is 20.8 Å². The van der Waals surface area contributed by atoms with Gasteiger partial charge in [-0.25, -0.2) is 0 Å². The first kappa shape index (κ1) is 25.3. The van der Waals surface area contributed by atoms with Crippen LogP contribution in [0.25, 0.3) is 0 Å². The van der Waals surface area contributed by atoms with E-state index in [0.717, 1.165) is 18.4 Å². The Morgan fingerprint density at radius 2 is 1.29 bits per heavy atom. The third-order valence-electron chi connectivity index (χ3n) is 5.47. The molecule has 0 heterocycles. The van der Waals surface area contributed by atoms with Crippen molar-refractivity contribution in [2.24, 2.45) is 0 Å². The first-order valence-corrected chi connectivity index (χ1v) is 13.0. The lowest BCUT2D eigenvalue weighted by molar-refractivity contribution is 0.0924. The van der Waals surface area contributed by atoms with Gasteiger partial charge in [0.15, 0.2) is 5.78 Å². The number of hydrogen-bond donors (Lipinski definition) is 0. The molecule has 0 aromatic heterocycles. The molecule has 0 unspecified atom stereocenters. The molecule has 2 aromatic carbocycles. The molecule has 0 saturated heterocycles. The highest BCUT2D eigenvalue weighted by Gasteiger charge is 2.17. The summed E-state index contributed by atoms with van der Waals surface area (Å²) in [6.45, 7) is 1.75. The minimum atomic E-state index is -3.95. The minimum Gasteiger partial charge on any atom is -0.291 e. The Balaban J connectivity index is 1.66. The van der Waals surface area contributed by atoms with Crippen molar-refractivity contribution in [3.05, 3.63) is 65.7 Å². The average molecular weight is 445 g/mol. The lowest BCUT2D eigenvalue weighted by atomic mass is 10.0. The van der Waals surface area contributed by atoms with Gasteiger partial charge >= 0.3 is 0 Å². The number of carbonyl (C=O) groups is 1. The van der Waals surface area contributed by atoms with E-state index in [4.69, 9.17) is 4.18 Å². The van der Waals surface area contributed by atoms with E-state index in [1.54, 1.807) is 42.5 Å². The number of unbranched alkanes of at least 4 members (excludes halogenated alkanes) is 9. The van der Waals surface area contributed by atoms with Gasteiger partial charge in [-0.3, -0.25) is 8.98 Å². The number of benzene rings is 2. The molecule has 31 heavy (non-hydrogen) atoms. The van der Waals surface area contributed by atoms with Gasteiger partial charge < -0.3 is 0 Å².